The van der Waals surface area contributed by atoms with Crippen LogP contribution in [0.2, 0.25) is 0 Å². The third-order valence-electron chi connectivity index (χ3n) is 5.75. The van der Waals surface area contributed by atoms with Gasteiger partial charge in [0.15, 0.2) is 0 Å². The topological polar surface area (TPSA) is 58.2 Å². The van der Waals surface area contributed by atoms with Gasteiger partial charge in [-0.05, 0) is 91.4 Å². The van der Waals surface area contributed by atoms with Crippen LogP contribution < -0.4 is 10.6 Å². The zero-order valence-corrected chi connectivity index (χ0v) is 19.5. The molecule has 0 aliphatic heterocycles. The number of amides is 2. The molecular formula is C30H28N2O2. The number of carbonyl (C=O) groups is 2. The fraction of sp³-hybridized carbons (Fsp3) is 0.133. The monoisotopic (exact) mass is 448 g/mol. The van der Waals surface area contributed by atoms with E-state index in [9.17, 15) is 9.59 Å². The van der Waals surface area contributed by atoms with Gasteiger partial charge in [0.2, 0.25) is 0 Å². The SMILES string of the molecule is Cc1cccc(NC(=O)c2cccc(CCc3cccc(C(=O)Nc4ccccc4C)c3)c2)c1. The molecular weight excluding hydrogens is 420 g/mol. The molecule has 4 rings (SSSR count). The molecule has 0 aromatic heterocycles. The number of para-hydroxylation sites is 1. The molecule has 2 N–H and O–H groups in total. The van der Waals surface area contributed by atoms with Crippen molar-refractivity contribution in [1.29, 1.82) is 0 Å². The lowest BCUT2D eigenvalue weighted by atomic mass is 10.0. The third-order valence-corrected chi connectivity index (χ3v) is 5.75. The molecule has 0 heterocycles. The van der Waals surface area contributed by atoms with Crippen molar-refractivity contribution >= 4 is 23.2 Å². The van der Waals surface area contributed by atoms with E-state index in [2.05, 4.69) is 10.6 Å². The lowest BCUT2D eigenvalue weighted by Crippen LogP contribution is -2.13. The molecule has 0 bridgehead atoms. The Morgan fingerprint density at radius 2 is 1.21 bits per heavy atom. The number of benzene rings is 4. The van der Waals surface area contributed by atoms with Gasteiger partial charge in [0, 0.05) is 22.5 Å². The lowest BCUT2D eigenvalue weighted by molar-refractivity contribution is 0.101. The summed E-state index contributed by atoms with van der Waals surface area (Å²) in [5, 5.41) is 5.95. The zero-order chi connectivity index (χ0) is 23.9. The number of aryl methyl sites for hydroxylation is 4. The van der Waals surface area contributed by atoms with Crippen molar-refractivity contribution in [3.63, 3.8) is 0 Å². The van der Waals surface area contributed by atoms with Gasteiger partial charge >= 0.3 is 0 Å². The Kier molecular flexibility index (Phi) is 7.19. The van der Waals surface area contributed by atoms with Crippen LogP contribution in [0.15, 0.2) is 97.1 Å². The summed E-state index contributed by atoms with van der Waals surface area (Å²) in [5.41, 5.74) is 7.14. The van der Waals surface area contributed by atoms with Crippen molar-refractivity contribution in [2.45, 2.75) is 26.7 Å². The first-order valence-corrected chi connectivity index (χ1v) is 11.4. The number of carbonyl (C=O) groups excluding carboxylic acids is 2. The van der Waals surface area contributed by atoms with E-state index in [1.165, 1.54) is 0 Å². The quantitative estimate of drug-likeness (QED) is 0.335. The second-order valence-corrected chi connectivity index (χ2v) is 8.49. The minimum Gasteiger partial charge on any atom is -0.322 e. The van der Waals surface area contributed by atoms with Crippen LogP contribution in [0.25, 0.3) is 0 Å². The fourth-order valence-electron chi connectivity index (χ4n) is 3.86. The Morgan fingerprint density at radius 1 is 0.618 bits per heavy atom. The van der Waals surface area contributed by atoms with Crippen molar-refractivity contribution < 1.29 is 9.59 Å². The second kappa shape index (κ2) is 10.6. The van der Waals surface area contributed by atoms with Gasteiger partial charge in [-0.2, -0.15) is 0 Å². The summed E-state index contributed by atoms with van der Waals surface area (Å²) in [7, 11) is 0. The predicted octanol–water partition coefficient (Wildman–Crippen LogP) is 6.59. The van der Waals surface area contributed by atoms with Gasteiger partial charge in [0.1, 0.15) is 0 Å². The Morgan fingerprint density at radius 3 is 1.82 bits per heavy atom. The van der Waals surface area contributed by atoms with Gasteiger partial charge in [0.05, 0.1) is 0 Å². The number of anilines is 2. The maximum Gasteiger partial charge on any atom is 0.255 e. The van der Waals surface area contributed by atoms with Gasteiger partial charge in [-0.1, -0.05) is 54.6 Å². The smallest absolute Gasteiger partial charge is 0.255 e. The Hall–Kier alpha value is -4.18. The fourth-order valence-corrected chi connectivity index (χ4v) is 3.86. The summed E-state index contributed by atoms with van der Waals surface area (Å²) in [4.78, 5) is 25.4. The second-order valence-electron chi connectivity index (χ2n) is 8.49. The van der Waals surface area contributed by atoms with Crippen LogP contribution in [0.4, 0.5) is 11.4 Å². The van der Waals surface area contributed by atoms with E-state index in [-0.39, 0.29) is 11.8 Å². The van der Waals surface area contributed by atoms with Crippen molar-refractivity contribution in [3.05, 3.63) is 130 Å². The minimum atomic E-state index is -0.123. The third kappa shape index (κ3) is 5.99. The van der Waals surface area contributed by atoms with Crippen LogP contribution >= 0.6 is 0 Å². The van der Waals surface area contributed by atoms with E-state index < -0.39 is 0 Å². The predicted molar refractivity (Wildman–Crippen MR) is 139 cm³/mol. The van der Waals surface area contributed by atoms with E-state index in [1.54, 1.807) is 0 Å². The van der Waals surface area contributed by atoms with Crippen molar-refractivity contribution in [2.24, 2.45) is 0 Å². The van der Waals surface area contributed by atoms with E-state index in [1.807, 2.05) is 111 Å². The number of hydrogen-bond donors (Lipinski definition) is 2. The standard InChI is InChI=1S/C30H28N2O2/c1-21-8-5-14-27(18-21)31-29(33)25-12-6-10-23(19-25)16-17-24-11-7-13-26(20-24)30(34)32-28-15-4-3-9-22(28)2/h3-15,18-20H,16-17H2,1-2H3,(H,31,33)(H,32,34). The largest absolute Gasteiger partial charge is 0.322 e. The van der Waals surface area contributed by atoms with Crippen LogP contribution in [0.3, 0.4) is 0 Å². The van der Waals surface area contributed by atoms with Crippen LogP contribution in [0.1, 0.15) is 43.0 Å². The highest BCUT2D eigenvalue weighted by molar-refractivity contribution is 6.05. The van der Waals surface area contributed by atoms with Crippen molar-refractivity contribution in [2.75, 3.05) is 10.6 Å². The summed E-state index contributed by atoms with van der Waals surface area (Å²) < 4.78 is 0. The van der Waals surface area contributed by atoms with Gasteiger partial charge in [-0.25, -0.2) is 0 Å². The highest BCUT2D eigenvalue weighted by Crippen LogP contribution is 2.17. The minimum absolute atomic E-state index is 0.119. The van der Waals surface area contributed by atoms with E-state index in [0.29, 0.717) is 11.1 Å². The molecule has 34 heavy (non-hydrogen) atoms. The summed E-state index contributed by atoms with van der Waals surface area (Å²) in [6, 6.07) is 30.9. The molecule has 0 radical (unpaired) electrons. The Labute approximate surface area is 200 Å². The lowest BCUT2D eigenvalue weighted by Gasteiger charge is -2.10. The maximum atomic E-state index is 12.7. The van der Waals surface area contributed by atoms with E-state index in [4.69, 9.17) is 0 Å². The molecule has 0 aliphatic rings. The molecule has 0 fully saturated rings. The van der Waals surface area contributed by atoms with Gasteiger partial charge < -0.3 is 10.6 Å². The molecule has 4 aromatic rings. The van der Waals surface area contributed by atoms with Gasteiger partial charge in [0.25, 0.3) is 11.8 Å². The molecule has 4 heteroatoms. The number of hydrogen-bond acceptors (Lipinski definition) is 2. The molecule has 4 aromatic carbocycles. The highest BCUT2D eigenvalue weighted by atomic mass is 16.2. The molecule has 0 unspecified atom stereocenters. The maximum absolute atomic E-state index is 12.7. The molecule has 170 valence electrons. The summed E-state index contributed by atoms with van der Waals surface area (Å²) in [6.07, 6.45) is 1.54. The first-order chi connectivity index (χ1) is 16.5. The normalized spacial score (nSPS) is 10.5. The van der Waals surface area contributed by atoms with Gasteiger partial charge in [-0.3, -0.25) is 9.59 Å². The molecule has 2 amide bonds. The first-order valence-electron chi connectivity index (χ1n) is 11.4. The average molecular weight is 449 g/mol. The van der Waals surface area contributed by atoms with Crippen LogP contribution in [-0.4, -0.2) is 11.8 Å². The molecule has 0 spiro atoms. The highest BCUT2D eigenvalue weighted by Gasteiger charge is 2.10. The van der Waals surface area contributed by atoms with Crippen LogP contribution in [0.5, 0.6) is 0 Å². The van der Waals surface area contributed by atoms with Gasteiger partial charge in [-0.15, -0.1) is 0 Å². The zero-order valence-electron chi connectivity index (χ0n) is 19.5. The summed E-state index contributed by atoms with van der Waals surface area (Å²) in [5.74, 6) is -0.242. The van der Waals surface area contributed by atoms with E-state index >= 15 is 0 Å². The number of nitrogens with one attached hydrogen (secondary N) is 2. The molecule has 0 saturated carbocycles. The van der Waals surface area contributed by atoms with Crippen molar-refractivity contribution in [1.82, 2.24) is 0 Å². The Bertz CT molecular complexity index is 1330. The van der Waals surface area contributed by atoms with Crippen molar-refractivity contribution in [3.8, 4) is 0 Å². The molecule has 0 saturated heterocycles. The molecule has 4 nitrogen and oxygen atoms in total. The summed E-state index contributed by atoms with van der Waals surface area (Å²) in [6.45, 7) is 3.97. The Balaban J connectivity index is 1.39. The first kappa shape index (κ1) is 23.0. The molecule has 0 aliphatic carbocycles. The average Bonchev–Trinajstić information content (AvgIpc) is 2.84. The number of rotatable bonds is 7. The van der Waals surface area contributed by atoms with E-state index in [0.717, 1.165) is 46.5 Å². The van der Waals surface area contributed by atoms with Crippen LogP contribution in [0, 0.1) is 13.8 Å². The van der Waals surface area contributed by atoms with Crippen LogP contribution in [-0.2, 0) is 12.8 Å². The summed E-state index contributed by atoms with van der Waals surface area (Å²) >= 11 is 0. The molecule has 0 atom stereocenters.